The number of ether oxygens (including phenoxy) is 1. The Labute approximate surface area is 230 Å². The van der Waals surface area contributed by atoms with E-state index in [9.17, 15) is 19.8 Å². The molecule has 7 nitrogen and oxygen atoms in total. The second kappa shape index (κ2) is 13.1. The van der Waals surface area contributed by atoms with Gasteiger partial charge in [-0.05, 0) is 87.1 Å². The predicted molar refractivity (Wildman–Crippen MR) is 148 cm³/mol. The SMILES string of the molecule is CCc1cccc(-c2c(Cl)cccc2C(O)CCCN(C(=O)OC(=O)C2(O)CCCC2)C2CCCNC2)c1. The lowest BCUT2D eigenvalue weighted by Crippen LogP contribution is -2.51. The molecule has 206 valence electrons. The van der Waals surface area contributed by atoms with Gasteiger partial charge in [0.1, 0.15) is 0 Å². The lowest BCUT2D eigenvalue weighted by molar-refractivity contribution is -0.159. The van der Waals surface area contributed by atoms with Crippen LogP contribution in [0.2, 0.25) is 5.02 Å². The standard InChI is InChI=1S/C30H39ClN2O5/c1-2-21-9-5-10-22(19-21)27-24(12-6-13-25(27)31)26(34)14-8-18-33(23-11-7-17-32-20-23)29(36)38-28(35)30(37)15-3-4-16-30/h5-6,9-10,12-13,19,23,26,32,34,37H,2-4,7-8,11,14-18,20H2,1H3. The number of benzene rings is 2. The third-order valence-corrected chi connectivity index (χ3v) is 8.16. The van der Waals surface area contributed by atoms with Crippen LogP contribution in [0.1, 0.15) is 75.5 Å². The minimum Gasteiger partial charge on any atom is -0.388 e. The first kappa shape index (κ1) is 28.6. The van der Waals surface area contributed by atoms with E-state index in [1.807, 2.05) is 30.3 Å². The van der Waals surface area contributed by atoms with E-state index in [-0.39, 0.29) is 6.04 Å². The number of esters is 1. The zero-order chi connectivity index (χ0) is 27.1. The van der Waals surface area contributed by atoms with Crippen molar-refractivity contribution in [2.45, 2.75) is 82.5 Å². The van der Waals surface area contributed by atoms with Gasteiger partial charge in [-0.15, -0.1) is 0 Å². The maximum atomic E-state index is 13.1. The summed E-state index contributed by atoms with van der Waals surface area (Å²) in [4.78, 5) is 27.3. The van der Waals surface area contributed by atoms with Gasteiger partial charge in [-0.3, -0.25) is 0 Å². The highest BCUT2D eigenvalue weighted by molar-refractivity contribution is 6.33. The van der Waals surface area contributed by atoms with Crippen molar-refractivity contribution in [3.8, 4) is 11.1 Å². The van der Waals surface area contributed by atoms with Crippen LogP contribution in [0.3, 0.4) is 0 Å². The van der Waals surface area contributed by atoms with E-state index in [4.69, 9.17) is 16.3 Å². The van der Waals surface area contributed by atoms with Crippen molar-refractivity contribution >= 4 is 23.7 Å². The molecule has 8 heteroatoms. The number of hydrogen-bond donors (Lipinski definition) is 3. The first-order chi connectivity index (χ1) is 18.3. The van der Waals surface area contributed by atoms with Gasteiger partial charge in [0.15, 0.2) is 5.60 Å². The van der Waals surface area contributed by atoms with E-state index < -0.39 is 23.8 Å². The number of aliphatic hydroxyl groups is 2. The fraction of sp³-hybridized carbons (Fsp3) is 0.533. The number of nitrogens with zero attached hydrogens (tertiary/aromatic N) is 1. The zero-order valence-electron chi connectivity index (χ0n) is 22.1. The summed E-state index contributed by atoms with van der Waals surface area (Å²) >= 11 is 6.60. The molecule has 2 aromatic rings. The molecule has 2 aromatic carbocycles. The van der Waals surface area contributed by atoms with Crippen molar-refractivity contribution < 1.29 is 24.5 Å². The van der Waals surface area contributed by atoms with E-state index in [1.165, 1.54) is 5.56 Å². The summed E-state index contributed by atoms with van der Waals surface area (Å²) in [5.74, 6) is -0.855. The zero-order valence-corrected chi connectivity index (χ0v) is 22.9. The smallest absolute Gasteiger partial charge is 0.388 e. The molecule has 38 heavy (non-hydrogen) atoms. The van der Waals surface area contributed by atoms with Gasteiger partial charge in [0.25, 0.3) is 0 Å². The van der Waals surface area contributed by atoms with Gasteiger partial charge in [-0.1, -0.05) is 54.9 Å². The van der Waals surface area contributed by atoms with E-state index in [1.54, 1.807) is 4.90 Å². The predicted octanol–water partition coefficient (Wildman–Crippen LogP) is 5.41. The Morgan fingerprint density at radius 1 is 1.18 bits per heavy atom. The Kier molecular flexibility index (Phi) is 9.82. The van der Waals surface area contributed by atoms with E-state index in [2.05, 4.69) is 24.4 Å². The molecule has 0 spiro atoms. The number of rotatable bonds is 9. The number of amides is 1. The molecule has 1 amide bonds. The van der Waals surface area contributed by atoms with Crippen LogP contribution < -0.4 is 5.32 Å². The van der Waals surface area contributed by atoms with Crippen molar-refractivity contribution in [1.82, 2.24) is 10.2 Å². The van der Waals surface area contributed by atoms with Crippen LogP contribution in [0.5, 0.6) is 0 Å². The number of carbonyl (C=O) groups excluding carboxylic acids is 2. The molecule has 1 aliphatic carbocycles. The minimum atomic E-state index is -1.57. The van der Waals surface area contributed by atoms with Gasteiger partial charge >= 0.3 is 12.1 Å². The van der Waals surface area contributed by atoms with Crippen molar-refractivity contribution in [1.29, 1.82) is 0 Å². The summed E-state index contributed by atoms with van der Waals surface area (Å²) in [6.07, 6.45) is 4.14. The summed E-state index contributed by atoms with van der Waals surface area (Å²) in [5, 5.41) is 25.6. The fourth-order valence-corrected chi connectivity index (χ4v) is 5.89. The van der Waals surface area contributed by atoms with Crippen molar-refractivity contribution in [3.05, 3.63) is 58.6 Å². The van der Waals surface area contributed by atoms with Crippen molar-refractivity contribution in [3.63, 3.8) is 0 Å². The first-order valence-electron chi connectivity index (χ1n) is 13.8. The highest BCUT2D eigenvalue weighted by atomic mass is 35.5. The molecule has 1 heterocycles. The number of piperidine rings is 1. The van der Waals surface area contributed by atoms with Gasteiger partial charge in [0.2, 0.25) is 0 Å². The van der Waals surface area contributed by atoms with Crippen LogP contribution in [0, 0.1) is 0 Å². The molecular weight excluding hydrogens is 504 g/mol. The van der Waals surface area contributed by atoms with E-state index in [0.29, 0.717) is 43.8 Å². The maximum absolute atomic E-state index is 13.1. The molecule has 3 N–H and O–H groups in total. The third kappa shape index (κ3) is 6.75. The third-order valence-electron chi connectivity index (χ3n) is 7.84. The number of aliphatic hydroxyl groups excluding tert-OH is 1. The van der Waals surface area contributed by atoms with Gasteiger partial charge in [-0.25, -0.2) is 9.59 Å². The molecule has 2 atom stereocenters. The summed E-state index contributed by atoms with van der Waals surface area (Å²) in [6, 6.07) is 13.6. The van der Waals surface area contributed by atoms with Gasteiger partial charge in [-0.2, -0.15) is 0 Å². The second-order valence-electron chi connectivity index (χ2n) is 10.5. The molecular formula is C30H39ClN2O5. The Morgan fingerprint density at radius 2 is 1.95 bits per heavy atom. The lowest BCUT2D eigenvalue weighted by Gasteiger charge is -2.34. The van der Waals surface area contributed by atoms with Crippen LogP contribution in [-0.4, -0.2) is 58.5 Å². The highest BCUT2D eigenvalue weighted by Crippen LogP contribution is 2.37. The van der Waals surface area contributed by atoms with Gasteiger partial charge < -0.3 is 25.2 Å². The normalized spacial score (nSPS) is 19.6. The summed E-state index contributed by atoms with van der Waals surface area (Å²) < 4.78 is 5.20. The second-order valence-corrected chi connectivity index (χ2v) is 10.9. The lowest BCUT2D eigenvalue weighted by atomic mass is 9.93. The average Bonchev–Trinajstić information content (AvgIpc) is 3.39. The van der Waals surface area contributed by atoms with Crippen molar-refractivity contribution in [2.75, 3.05) is 19.6 Å². The summed E-state index contributed by atoms with van der Waals surface area (Å²) in [5.41, 5.74) is 2.15. The Hall–Kier alpha value is -2.45. The largest absolute Gasteiger partial charge is 0.417 e. The molecule has 1 saturated carbocycles. The monoisotopic (exact) mass is 542 g/mol. The van der Waals surface area contributed by atoms with Crippen LogP contribution in [0.25, 0.3) is 11.1 Å². The average molecular weight is 543 g/mol. The molecule has 2 unspecified atom stereocenters. The van der Waals surface area contributed by atoms with E-state index >= 15 is 0 Å². The number of aryl methyl sites for hydroxylation is 1. The number of nitrogens with one attached hydrogen (secondary N) is 1. The number of hydrogen-bond acceptors (Lipinski definition) is 6. The topological polar surface area (TPSA) is 99.1 Å². The Balaban J connectivity index is 1.45. The number of halogens is 1. The minimum absolute atomic E-state index is 0.113. The molecule has 2 fully saturated rings. The van der Waals surface area contributed by atoms with Crippen LogP contribution in [0.4, 0.5) is 4.79 Å². The first-order valence-corrected chi connectivity index (χ1v) is 14.2. The Morgan fingerprint density at radius 3 is 2.66 bits per heavy atom. The fourth-order valence-electron chi connectivity index (χ4n) is 5.60. The van der Waals surface area contributed by atoms with Crippen LogP contribution >= 0.6 is 11.6 Å². The molecule has 0 aromatic heterocycles. The quantitative estimate of drug-likeness (QED) is 0.289. The maximum Gasteiger partial charge on any atom is 0.417 e. The van der Waals surface area contributed by atoms with Crippen LogP contribution in [0.15, 0.2) is 42.5 Å². The number of carbonyl (C=O) groups is 2. The summed E-state index contributed by atoms with van der Waals surface area (Å²) in [6.45, 7) is 3.92. The molecule has 1 saturated heterocycles. The van der Waals surface area contributed by atoms with Gasteiger partial charge in [0, 0.05) is 29.7 Å². The molecule has 1 aliphatic heterocycles. The van der Waals surface area contributed by atoms with Crippen molar-refractivity contribution in [2.24, 2.45) is 0 Å². The Bertz CT molecular complexity index is 1110. The molecule has 0 bridgehead atoms. The van der Waals surface area contributed by atoms with E-state index in [0.717, 1.165) is 55.3 Å². The molecule has 2 aliphatic rings. The van der Waals surface area contributed by atoms with Crippen LogP contribution in [-0.2, 0) is 16.0 Å². The molecule has 4 rings (SSSR count). The highest BCUT2D eigenvalue weighted by Gasteiger charge is 2.42. The molecule has 0 radical (unpaired) electrons. The van der Waals surface area contributed by atoms with Gasteiger partial charge in [0.05, 0.1) is 6.10 Å². The summed E-state index contributed by atoms with van der Waals surface area (Å²) in [7, 11) is 0.